The molecule has 2 fully saturated rings. The average molecular weight is 486 g/mol. The first-order chi connectivity index (χ1) is 12.7. The number of ether oxygens (including phenoxy) is 1. The van der Waals surface area contributed by atoms with Crippen molar-refractivity contribution in [3.63, 3.8) is 0 Å². The number of aryl methyl sites for hydroxylation is 1. The second-order valence-corrected chi connectivity index (χ2v) is 7.64. The molecule has 27 heavy (non-hydrogen) atoms. The molecule has 0 bridgehead atoms. The Morgan fingerprint density at radius 1 is 1.22 bits per heavy atom. The molecular formula is C21H35IN4O. The Balaban J connectivity index is 0.00000261. The molecule has 6 heteroatoms. The van der Waals surface area contributed by atoms with Crippen molar-refractivity contribution in [2.45, 2.75) is 57.5 Å². The van der Waals surface area contributed by atoms with Crippen molar-refractivity contribution in [1.29, 1.82) is 0 Å². The van der Waals surface area contributed by atoms with Gasteiger partial charge >= 0.3 is 0 Å². The lowest BCUT2D eigenvalue weighted by atomic mass is 10.0. The second-order valence-electron chi connectivity index (χ2n) is 7.64. The van der Waals surface area contributed by atoms with Crippen molar-refractivity contribution in [2.24, 2.45) is 10.7 Å². The fraction of sp³-hybridized carbons (Fsp3) is 0.667. The molecule has 5 nitrogen and oxygen atoms in total. The molecule has 1 heterocycles. The maximum absolute atomic E-state index is 6.24. The van der Waals surface area contributed by atoms with Gasteiger partial charge in [0.05, 0.1) is 25.8 Å². The van der Waals surface area contributed by atoms with Crippen molar-refractivity contribution < 1.29 is 4.74 Å². The zero-order valence-corrected chi connectivity index (χ0v) is 18.9. The van der Waals surface area contributed by atoms with Crippen LogP contribution in [0, 0.1) is 6.92 Å². The van der Waals surface area contributed by atoms with Crippen LogP contribution < -0.4 is 11.1 Å². The third-order valence-corrected chi connectivity index (χ3v) is 5.56. The maximum atomic E-state index is 6.24. The van der Waals surface area contributed by atoms with E-state index in [1.807, 2.05) is 0 Å². The Bertz CT molecular complexity index is 581. The fourth-order valence-corrected chi connectivity index (χ4v) is 4.06. The van der Waals surface area contributed by atoms with Crippen LogP contribution in [0.15, 0.2) is 29.3 Å². The number of hydrogen-bond acceptors (Lipinski definition) is 3. The molecule has 1 unspecified atom stereocenters. The van der Waals surface area contributed by atoms with E-state index in [0.717, 1.165) is 26.3 Å². The van der Waals surface area contributed by atoms with Crippen LogP contribution in [0.1, 0.15) is 55.7 Å². The molecule has 1 saturated heterocycles. The van der Waals surface area contributed by atoms with Crippen molar-refractivity contribution in [3.8, 4) is 0 Å². The molecule has 1 aliphatic carbocycles. The lowest BCUT2D eigenvalue weighted by molar-refractivity contribution is 0.0179. The maximum Gasteiger partial charge on any atom is 0.188 e. The molecule has 3 N–H and O–H groups in total. The highest BCUT2D eigenvalue weighted by Crippen LogP contribution is 2.23. The minimum absolute atomic E-state index is 0. The van der Waals surface area contributed by atoms with Crippen LogP contribution in [0.25, 0.3) is 0 Å². The van der Waals surface area contributed by atoms with Gasteiger partial charge in [-0.15, -0.1) is 24.0 Å². The molecule has 0 amide bonds. The number of morpholine rings is 1. The number of guanidine groups is 1. The Labute approximate surface area is 181 Å². The highest BCUT2D eigenvalue weighted by molar-refractivity contribution is 14.0. The normalized spacial score (nSPS) is 21.1. The number of rotatable bonds is 5. The first-order valence-electron chi connectivity index (χ1n) is 10.2. The van der Waals surface area contributed by atoms with Gasteiger partial charge in [-0.1, -0.05) is 55.5 Å². The van der Waals surface area contributed by atoms with Crippen LogP contribution in [0.5, 0.6) is 0 Å². The van der Waals surface area contributed by atoms with Gasteiger partial charge in [0.25, 0.3) is 0 Å². The van der Waals surface area contributed by atoms with E-state index in [1.165, 1.54) is 49.7 Å². The summed E-state index contributed by atoms with van der Waals surface area (Å²) in [6.07, 6.45) is 7.71. The molecule has 0 aromatic heterocycles. The predicted molar refractivity (Wildman–Crippen MR) is 123 cm³/mol. The van der Waals surface area contributed by atoms with Crippen molar-refractivity contribution >= 4 is 29.9 Å². The highest BCUT2D eigenvalue weighted by Gasteiger charge is 2.23. The van der Waals surface area contributed by atoms with Crippen LogP contribution in [0.2, 0.25) is 0 Å². The van der Waals surface area contributed by atoms with E-state index in [2.05, 4.69) is 41.4 Å². The summed E-state index contributed by atoms with van der Waals surface area (Å²) in [5.74, 6) is 0.600. The summed E-state index contributed by atoms with van der Waals surface area (Å²) in [6.45, 7) is 6.32. The third kappa shape index (κ3) is 7.23. The van der Waals surface area contributed by atoms with Crippen LogP contribution in [-0.2, 0) is 4.74 Å². The molecule has 3 rings (SSSR count). The lowest BCUT2D eigenvalue weighted by Gasteiger charge is -2.34. The summed E-state index contributed by atoms with van der Waals surface area (Å²) in [5, 5.41) is 3.46. The number of aliphatic imine (C=N–C) groups is 1. The standard InChI is InChI=1S/C21H34N4O.HI/c1-17-7-6-8-18(15-17)20(25-11-13-26-14-12-25)16-23-21(22)24-19-9-4-2-3-5-10-19;/h6-8,15,19-20H,2-5,9-14,16H2,1H3,(H3,22,23,24);1H. The van der Waals surface area contributed by atoms with E-state index in [4.69, 9.17) is 15.5 Å². The molecule has 0 spiro atoms. The Hall–Kier alpha value is -0.860. The van der Waals surface area contributed by atoms with Gasteiger partial charge in [0.1, 0.15) is 0 Å². The minimum Gasteiger partial charge on any atom is -0.379 e. The number of nitrogens with two attached hydrogens (primary N) is 1. The number of benzene rings is 1. The third-order valence-electron chi connectivity index (χ3n) is 5.56. The van der Waals surface area contributed by atoms with Crippen LogP contribution in [-0.4, -0.2) is 49.7 Å². The topological polar surface area (TPSA) is 62.9 Å². The summed E-state index contributed by atoms with van der Waals surface area (Å²) in [7, 11) is 0. The SMILES string of the molecule is Cc1cccc(C(CN=C(N)NC2CCCCCC2)N2CCOCC2)c1.I. The van der Waals surface area contributed by atoms with Crippen LogP contribution in [0.3, 0.4) is 0 Å². The molecule has 152 valence electrons. The summed E-state index contributed by atoms with van der Waals surface area (Å²) < 4.78 is 5.53. The van der Waals surface area contributed by atoms with E-state index < -0.39 is 0 Å². The van der Waals surface area contributed by atoms with Gasteiger partial charge < -0.3 is 15.8 Å². The lowest BCUT2D eigenvalue weighted by Crippen LogP contribution is -2.42. The molecular weight excluding hydrogens is 451 g/mol. The molecule has 2 aliphatic rings. The number of nitrogens with one attached hydrogen (secondary N) is 1. The molecule has 1 aliphatic heterocycles. The van der Waals surface area contributed by atoms with Crippen LogP contribution >= 0.6 is 24.0 Å². The van der Waals surface area contributed by atoms with Crippen molar-refractivity contribution in [2.75, 3.05) is 32.8 Å². The largest absolute Gasteiger partial charge is 0.379 e. The van der Waals surface area contributed by atoms with Gasteiger partial charge in [0.2, 0.25) is 0 Å². The number of nitrogens with zero attached hydrogens (tertiary/aromatic N) is 2. The number of halogens is 1. The van der Waals surface area contributed by atoms with Gasteiger partial charge in [-0.05, 0) is 25.3 Å². The number of hydrogen-bond donors (Lipinski definition) is 2. The molecule has 1 aromatic carbocycles. The molecule has 0 radical (unpaired) electrons. The van der Waals surface area contributed by atoms with E-state index in [1.54, 1.807) is 0 Å². The van der Waals surface area contributed by atoms with Crippen LogP contribution in [0.4, 0.5) is 0 Å². The summed E-state index contributed by atoms with van der Waals surface area (Å²) in [5.41, 5.74) is 8.84. The minimum atomic E-state index is 0. The highest BCUT2D eigenvalue weighted by atomic mass is 127. The molecule has 1 saturated carbocycles. The summed E-state index contributed by atoms with van der Waals surface area (Å²) >= 11 is 0. The van der Waals surface area contributed by atoms with Gasteiger partial charge in [-0.2, -0.15) is 0 Å². The van der Waals surface area contributed by atoms with Gasteiger partial charge in [0.15, 0.2) is 5.96 Å². The fourth-order valence-electron chi connectivity index (χ4n) is 4.06. The van der Waals surface area contributed by atoms with E-state index in [0.29, 0.717) is 18.5 Å². The monoisotopic (exact) mass is 486 g/mol. The van der Waals surface area contributed by atoms with Crippen molar-refractivity contribution in [1.82, 2.24) is 10.2 Å². The predicted octanol–water partition coefficient (Wildman–Crippen LogP) is 3.61. The zero-order chi connectivity index (χ0) is 18.2. The molecule has 1 aromatic rings. The van der Waals surface area contributed by atoms with Crippen molar-refractivity contribution in [3.05, 3.63) is 35.4 Å². The van der Waals surface area contributed by atoms with Gasteiger partial charge in [-0.3, -0.25) is 9.89 Å². The Kier molecular flexibility index (Phi) is 9.86. The summed E-state index contributed by atoms with van der Waals surface area (Å²) in [6, 6.07) is 9.50. The first-order valence-corrected chi connectivity index (χ1v) is 10.2. The van der Waals surface area contributed by atoms with Gasteiger partial charge in [-0.25, -0.2) is 0 Å². The molecule has 1 atom stereocenters. The smallest absolute Gasteiger partial charge is 0.188 e. The second kappa shape index (κ2) is 11.9. The first kappa shape index (κ1) is 22.4. The Morgan fingerprint density at radius 2 is 1.93 bits per heavy atom. The van der Waals surface area contributed by atoms with Gasteiger partial charge in [0, 0.05) is 19.1 Å². The van der Waals surface area contributed by atoms with E-state index in [-0.39, 0.29) is 30.0 Å². The quantitative estimate of drug-likeness (QED) is 0.289. The summed E-state index contributed by atoms with van der Waals surface area (Å²) in [4.78, 5) is 7.20. The zero-order valence-electron chi connectivity index (χ0n) is 16.5. The van der Waals surface area contributed by atoms with E-state index >= 15 is 0 Å². The van der Waals surface area contributed by atoms with E-state index in [9.17, 15) is 0 Å². The Morgan fingerprint density at radius 3 is 2.59 bits per heavy atom. The average Bonchev–Trinajstić information content (AvgIpc) is 2.91.